The van der Waals surface area contributed by atoms with Gasteiger partial charge in [-0.05, 0) is 25.5 Å². The van der Waals surface area contributed by atoms with E-state index in [1.165, 1.54) is 0 Å². The Morgan fingerprint density at radius 3 is 2.60 bits per heavy atom. The van der Waals surface area contributed by atoms with E-state index >= 15 is 0 Å². The van der Waals surface area contributed by atoms with Crippen molar-refractivity contribution in [1.82, 2.24) is 9.78 Å². The van der Waals surface area contributed by atoms with Gasteiger partial charge in [-0.3, -0.25) is 10.1 Å². The van der Waals surface area contributed by atoms with Gasteiger partial charge in [0, 0.05) is 25.9 Å². The van der Waals surface area contributed by atoms with Gasteiger partial charge in [-0.1, -0.05) is 37.8 Å². The zero-order valence-electron chi connectivity index (χ0n) is 15.5. The van der Waals surface area contributed by atoms with Crippen LogP contribution in [-0.2, 0) is 11.5 Å². The van der Waals surface area contributed by atoms with Crippen LogP contribution in [0.4, 0.5) is 11.4 Å². The van der Waals surface area contributed by atoms with Gasteiger partial charge in [-0.2, -0.15) is 5.10 Å². The third-order valence-corrected chi connectivity index (χ3v) is 5.77. The average molecular weight is 363 g/mol. The second kappa shape index (κ2) is 7.36. The topological polar surface area (TPSA) is 96.2 Å². The van der Waals surface area contributed by atoms with Crippen molar-refractivity contribution >= 4 is 19.4 Å². The number of hydrogen-bond donors (Lipinski definition) is 1. The van der Waals surface area contributed by atoms with Gasteiger partial charge in [-0.15, -0.1) is 0 Å². The molecule has 0 aliphatic rings. The minimum Gasteiger partial charge on any atom is -0.398 e. The summed E-state index contributed by atoms with van der Waals surface area (Å²) < 4.78 is 7.29. The number of nitro groups is 1. The molecule has 7 nitrogen and oxygen atoms in total. The van der Waals surface area contributed by atoms with Crippen LogP contribution in [0.2, 0.25) is 25.7 Å². The molecule has 2 aromatic rings. The van der Waals surface area contributed by atoms with Crippen LogP contribution in [0.1, 0.15) is 11.3 Å². The Morgan fingerprint density at radius 2 is 2.00 bits per heavy atom. The SMILES string of the molecule is Cc1cccc(-c2c([N+](=O)[O-])c(C)nn2COCC[Si](C)(C)C)c1N. The Morgan fingerprint density at radius 1 is 1.32 bits per heavy atom. The Hall–Kier alpha value is -2.19. The Balaban J connectivity index is 2.39. The van der Waals surface area contributed by atoms with Crippen molar-refractivity contribution in [2.75, 3.05) is 12.3 Å². The number of para-hydroxylation sites is 1. The molecule has 0 fully saturated rings. The van der Waals surface area contributed by atoms with Crippen LogP contribution in [-0.4, -0.2) is 29.4 Å². The molecule has 0 amide bonds. The number of nitrogens with two attached hydrogens (primary N) is 1. The normalized spacial score (nSPS) is 11.7. The van der Waals surface area contributed by atoms with Gasteiger partial charge >= 0.3 is 5.69 Å². The number of nitrogen functional groups attached to an aromatic ring is 1. The molecule has 0 unspecified atom stereocenters. The van der Waals surface area contributed by atoms with Crippen molar-refractivity contribution in [1.29, 1.82) is 0 Å². The van der Waals surface area contributed by atoms with Crippen LogP contribution in [0, 0.1) is 24.0 Å². The molecule has 0 bridgehead atoms. The molecule has 0 atom stereocenters. The van der Waals surface area contributed by atoms with Crippen molar-refractivity contribution in [2.45, 2.75) is 46.3 Å². The first kappa shape index (κ1) is 19.1. The number of hydrogen-bond acceptors (Lipinski definition) is 5. The Bertz CT molecular complexity index is 781. The van der Waals surface area contributed by atoms with E-state index in [1.54, 1.807) is 17.7 Å². The maximum atomic E-state index is 11.6. The number of nitrogens with zero attached hydrogens (tertiary/aromatic N) is 3. The molecule has 0 aliphatic heterocycles. The summed E-state index contributed by atoms with van der Waals surface area (Å²) in [6, 6.07) is 6.52. The highest BCUT2D eigenvalue weighted by atomic mass is 28.3. The number of rotatable bonds is 7. The van der Waals surface area contributed by atoms with E-state index in [1.807, 2.05) is 19.1 Å². The van der Waals surface area contributed by atoms with E-state index < -0.39 is 13.0 Å². The molecule has 25 heavy (non-hydrogen) atoms. The zero-order valence-corrected chi connectivity index (χ0v) is 16.5. The van der Waals surface area contributed by atoms with Crippen LogP contribution < -0.4 is 5.73 Å². The summed E-state index contributed by atoms with van der Waals surface area (Å²) >= 11 is 0. The zero-order chi connectivity index (χ0) is 18.8. The first-order valence-corrected chi connectivity index (χ1v) is 12.0. The van der Waals surface area contributed by atoms with Crippen LogP contribution in [0.3, 0.4) is 0 Å². The van der Waals surface area contributed by atoms with Crippen LogP contribution in [0.15, 0.2) is 18.2 Å². The van der Waals surface area contributed by atoms with E-state index in [0.29, 0.717) is 29.2 Å². The fourth-order valence-corrected chi connectivity index (χ4v) is 3.32. The standard InChI is InChI=1S/C17H26N4O3Si/c1-12-7-6-8-14(15(12)18)17-16(21(22)23)13(2)19-20(17)11-24-9-10-25(3,4)5/h6-8H,9-11,18H2,1-5H3. The molecule has 0 spiro atoms. The van der Waals surface area contributed by atoms with E-state index in [0.717, 1.165) is 11.6 Å². The third kappa shape index (κ3) is 4.46. The summed E-state index contributed by atoms with van der Waals surface area (Å²) in [7, 11) is -1.20. The fourth-order valence-electron chi connectivity index (χ4n) is 2.57. The Kier molecular flexibility index (Phi) is 5.64. The second-order valence-corrected chi connectivity index (χ2v) is 13.0. The van der Waals surface area contributed by atoms with E-state index in [-0.39, 0.29) is 12.4 Å². The molecule has 2 rings (SSSR count). The fraction of sp³-hybridized carbons (Fsp3) is 0.471. The van der Waals surface area contributed by atoms with Gasteiger partial charge in [0.05, 0.1) is 4.92 Å². The molecular formula is C17H26N4O3Si. The minimum atomic E-state index is -1.20. The van der Waals surface area contributed by atoms with E-state index in [9.17, 15) is 10.1 Å². The second-order valence-electron chi connectivity index (χ2n) is 7.42. The van der Waals surface area contributed by atoms with Gasteiger partial charge in [0.1, 0.15) is 12.4 Å². The van der Waals surface area contributed by atoms with Crippen LogP contribution in [0.25, 0.3) is 11.3 Å². The lowest BCUT2D eigenvalue weighted by molar-refractivity contribution is -0.384. The molecule has 136 valence electrons. The number of aryl methyl sites for hydroxylation is 2. The molecule has 0 radical (unpaired) electrons. The molecule has 0 saturated carbocycles. The predicted octanol–water partition coefficient (Wildman–Crippen LogP) is 3.97. The van der Waals surface area contributed by atoms with Crippen LogP contribution in [0.5, 0.6) is 0 Å². The summed E-state index contributed by atoms with van der Waals surface area (Å²) in [6.45, 7) is 11.1. The number of aromatic nitrogens is 2. The summed E-state index contributed by atoms with van der Waals surface area (Å²) in [5.74, 6) is 0. The molecule has 2 N–H and O–H groups in total. The minimum absolute atomic E-state index is 0.0221. The number of anilines is 1. The molecule has 1 aromatic heterocycles. The summed E-state index contributed by atoms with van der Waals surface area (Å²) in [5.41, 5.74) is 8.91. The molecular weight excluding hydrogens is 336 g/mol. The third-order valence-electron chi connectivity index (χ3n) is 4.07. The molecule has 0 aliphatic carbocycles. The maximum Gasteiger partial charge on any atom is 0.317 e. The average Bonchev–Trinajstić information content (AvgIpc) is 2.82. The molecule has 1 heterocycles. The predicted molar refractivity (Wildman–Crippen MR) is 102 cm³/mol. The van der Waals surface area contributed by atoms with Gasteiger partial charge in [-0.25, -0.2) is 4.68 Å². The lowest BCUT2D eigenvalue weighted by atomic mass is 10.0. The summed E-state index contributed by atoms with van der Waals surface area (Å²) in [5, 5.41) is 15.9. The quantitative estimate of drug-likeness (QED) is 0.264. The van der Waals surface area contributed by atoms with Crippen molar-refractivity contribution < 1.29 is 9.66 Å². The van der Waals surface area contributed by atoms with Gasteiger partial charge < -0.3 is 10.5 Å². The first-order chi connectivity index (χ1) is 11.6. The highest BCUT2D eigenvalue weighted by Crippen LogP contribution is 2.37. The van der Waals surface area contributed by atoms with E-state index in [4.69, 9.17) is 10.5 Å². The smallest absolute Gasteiger partial charge is 0.317 e. The monoisotopic (exact) mass is 362 g/mol. The maximum absolute atomic E-state index is 11.6. The Labute approximate surface area is 149 Å². The van der Waals surface area contributed by atoms with Crippen molar-refractivity contribution in [3.05, 3.63) is 39.6 Å². The number of benzene rings is 1. The summed E-state index contributed by atoms with van der Waals surface area (Å²) in [4.78, 5) is 11.2. The number of ether oxygens (including phenoxy) is 1. The van der Waals surface area contributed by atoms with Gasteiger partial charge in [0.15, 0.2) is 5.69 Å². The van der Waals surface area contributed by atoms with Gasteiger partial charge in [0.25, 0.3) is 0 Å². The molecule has 0 saturated heterocycles. The largest absolute Gasteiger partial charge is 0.398 e. The highest BCUT2D eigenvalue weighted by molar-refractivity contribution is 6.76. The van der Waals surface area contributed by atoms with Crippen molar-refractivity contribution in [2.24, 2.45) is 0 Å². The molecule has 1 aromatic carbocycles. The lowest BCUT2D eigenvalue weighted by Gasteiger charge is -2.16. The highest BCUT2D eigenvalue weighted by Gasteiger charge is 2.28. The first-order valence-electron chi connectivity index (χ1n) is 8.27. The lowest BCUT2D eigenvalue weighted by Crippen LogP contribution is -2.22. The van der Waals surface area contributed by atoms with Crippen LogP contribution >= 0.6 is 0 Å². The van der Waals surface area contributed by atoms with Gasteiger partial charge in [0.2, 0.25) is 0 Å². The van der Waals surface area contributed by atoms with Crippen molar-refractivity contribution in [3.63, 3.8) is 0 Å². The van der Waals surface area contributed by atoms with Crippen molar-refractivity contribution in [3.8, 4) is 11.3 Å². The summed E-state index contributed by atoms with van der Waals surface area (Å²) in [6.07, 6.45) is 0. The van der Waals surface area contributed by atoms with E-state index in [2.05, 4.69) is 24.7 Å². The molecule has 8 heteroatoms.